The molecule has 8 heteroatoms. The molecule has 1 aromatic heterocycles. The van der Waals surface area contributed by atoms with Gasteiger partial charge in [-0.15, -0.1) is 10.2 Å². The highest BCUT2D eigenvalue weighted by atomic mass is 32.2. The van der Waals surface area contributed by atoms with Crippen LogP contribution in [0.5, 0.6) is 0 Å². The second kappa shape index (κ2) is 6.70. The van der Waals surface area contributed by atoms with E-state index in [9.17, 15) is 10.1 Å². The largest absolute Gasteiger partial charge is 0.411 e. The van der Waals surface area contributed by atoms with Gasteiger partial charge in [0.05, 0.1) is 10.7 Å². The Morgan fingerprint density at radius 3 is 2.90 bits per heavy atom. The third kappa shape index (κ3) is 3.34. The molecule has 0 saturated carbocycles. The number of aliphatic hydroxyl groups is 1. The minimum Gasteiger partial charge on any atom is -0.411 e. The summed E-state index contributed by atoms with van der Waals surface area (Å²) in [5.41, 5.74) is 0.186. The van der Waals surface area contributed by atoms with E-state index in [1.807, 2.05) is 0 Å². The zero-order chi connectivity index (χ0) is 14.4. The number of aliphatic hydroxyl groups excluding tert-OH is 1. The monoisotopic (exact) mass is 291 g/mol. The van der Waals surface area contributed by atoms with E-state index < -0.39 is 4.92 Å². The molecule has 102 valence electrons. The molecule has 0 saturated heterocycles. The van der Waals surface area contributed by atoms with Gasteiger partial charge in [-0.25, -0.2) is 0 Å². The first-order chi connectivity index (χ1) is 9.72. The fraction of sp³-hybridized carbons (Fsp3) is 0.167. The highest BCUT2D eigenvalue weighted by Crippen LogP contribution is 2.30. The van der Waals surface area contributed by atoms with Crippen LogP contribution in [0.25, 0.3) is 11.5 Å². The molecule has 0 amide bonds. The maximum absolute atomic E-state index is 10.9. The molecule has 7 nitrogen and oxygen atoms in total. The standard InChI is InChI=1S/C12H9N3O4S/c16-7-3-4-8-20-12-14-13-11(19-12)9-5-1-2-6-10(9)15(17)18/h1-2,5-6,16H,7-8H2. The Labute approximate surface area is 118 Å². The van der Waals surface area contributed by atoms with Crippen LogP contribution >= 0.6 is 11.8 Å². The van der Waals surface area contributed by atoms with Gasteiger partial charge in [0.1, 0.15) is 12.2 Å². The van der Waals surface area contributed by atoms with E-state index >= 15 is 0 Å². The lowest BCUT2D eigenvalue weighted by molar-refractivity contribution is -0.384. The zero-order valence-corrected chi connectivity index (χ0v) is 11.0. The molecule has 0 spiro atoms. The van der Waals surface area contributed by atoms with Crippen molar-refractivity contribution in [3.63, 3.8) is 0 Å². The lowest BCUT2D eigenvalue weighted by Crippen LogP contribution is -1.91. The summed E-state index contributed by atoms with van der Waals surface area (Å²) >= 11 is 1.20. The van der Waals surface area contributed by atoms with Crippen molar-refractivity contribution in [1.82, 2.24) is 10.2 Å². The molecule has 2 rings (SSSR count). The van der Waals surface area contributed by atoms with Crippen molar-refractivity contribution in [2.24, 2.45) is 0 Å². The van der Waals surface area contributed by atoms with E-state index in [4.69, 9.17) is 9.52 Å². The van der Waals surface area contributed by atoms with E-state index in [2.05, 4.69) is 22.0 Å². The first-order valence-corrected chi connectivity index (χ1v) is 6.47. The number of thioether (sulfide) groups is 1. The molecule has 0 aliphatic carbocycles. The lowest BCUT2D eigenvalue weighted by Gasteiger charge is -1.96. The van der Waals surface area contributed by atoms with Gasteiger partial charge in [0.15, 0.2) is 0 Å². The molecule has 2 aromatic rings. The van der Waals surface area contributed by atoms with Crippen LogP contribution in [0.3, 0.4) is 0 Å². The van der Waals surface area contributed by atoms with E-state index in [1.165, 1.54) is 17.8 Å². The number of benzene rings is 1. The Morgan fingerprint density at radius 1 is 1.35 bits per heavy atom. The summed E-state index contributed by atoms with van der Waals surface area (Å²) in [5.74, 6) is 5.66. The van der Waals surface area contributed by atoms with Crippen LogP contribution in [0.2, 0.25) is 0 Å². The molecule has 0 fully saturated rings. The van der Waals surface area contributed by atoms with Crippen LogP contribution in [-0.2, 0) is 0 Å². The van der Waals surface area contributed by atoms with Gasteiger partial charge in [-0.3, -0.25) is 10.1 Å². The highest BCUT2D eigenvalue weighted by molar-refractivity contribution is 7.99. The predicted octanol–water partition coefficient (Wildman–Crippen LogP) is 1.73. The molecule has 0 aliphatic heterocycles. The van der Waals surface area contributed by atoms with Gasteiger partial charge in [-0.2, -0.15) is 0 Å². The summed E-state index contributed by atoms with van der Waals surface area (Å²) in [4.78, 5) is 10.4. The number of para-hydroxylation sites is 1. The van der Waals surface area contributed by atoms with Gasteiger partial charge in [-0.05, 0) is 6.07 Å². The second-order valence-corrected chi connectivity index (χ2v) is 4.37. The van der Waals surface area contributed by atoms with Gasteiger partial charge < -0.3 is 9.52 Å². The molecule has 0 atom stereocenters. The highest BCUT2D eigenvalue weighted by Gasteiger charge is 2.19. The maximum atomic E-state index is 10.9. The van der Waals surface area contributed by atoms with Crippen molar-refractivity contribution < 1.29 is 14.4 Å². The maximum Gasteiger partial charge on any atom is 0.282 e. The second-order valence-electron chi connectivity index (χ2n) is 3.45. The van der Waals surface area contributed by atoms with Gasteiger partial charge in [0, 0.05) is 6.07 Å². The summed E-state index contributed by atoms with van der Waals surface area (Å²) in [7, 11) is 0. The molecule has 20 heavy (non-hydrogen) atoms. The van der Waals surface area contributed by atoms with Crippen LogP contribution in [0.15, 0.2) is 33.9 Å². The van der Waals surface area contributed by atoms with Crippen LogP contribution < -0.4 is 0 Å². The van der Waals surface area contributed by atoms with Crippen LogP contribution in [0.4, 0.5) is 5.69 Å². The average Bonchev–Trinajstić information content (AvgIpc) is 2.92. The normalized spacial score (nSPS) is 9.85. The van der Waals surface area contributed by atoms with Crippen LogP contribution in [0, 0.1) is 22.0 Å². The third-order valence-electron chi connectivity index (χ3n) is 2.21. The first kappa shape index (κ1) is 14.0. The van der Waals surface area contributed by atoms with Crippen molar-refractivity contribution in [1.29, 1.82) is 0 Å². The Hall–Kier alpha value is -2.37. The molecule has 1 aromatic carbocycles. The minimum atomic E-state index is -0.501. The van der Waals surface area contributed by atoms with E-state index in [0.29, 0.717) is 5.75 Å². The number of rotatable bonds is 4. The minimum absolute atomic E-state index is 0.0900. The third-order valence-corrected chi connectivity index (χ3v) is 2.91. The van der Waals surface area contributed by atoms with Crippen molar-refractivity contribution in [3.8, 4) is 23.3 Å². The Morgan fingerprint density at radius 2 is 2.15 bits per heavy atom. The number of hydrogen-bond acceptors (Lipinski definition) is 7. The number of nitro groups is 1. The zero-order valence-electron chi connectivity index (χ0n) is 10.1. The van der Waals surface area contributed by atoms with E-state index in [-0.39, 0.29) is 29.0 Å². The number of nitro benzene ring substituents is 1. The Kier molecular flexibility index (Phi) is 4.70. The molecule has 0 bridgehead atoms. The summed E-state index contributed by atoms with van der Waals surface area (Å²) < 4.78 is 5.35. The van der Waals surface area contributed by atoms with Crippen molar-refractivity contribution in [3.05, 3.63) is 34.4 Å². The SMILES string of the molecule is O=[N+]([O-])c1ccccc1-c1nnc(SCC#CCO)o1. The smallest absolute Gasteiger partial charge is 0.282 e. The summed E-state index contributed by atoms with van der Waals surface area (Å²) in [6.07, 6.45) is 0. The number of hydrogen-bond donors (Lipinski definition) is 1. The first-order valence-electron chi connectivity index (χ1n) is 5.49. The molecule has 0 aliphatic rings. The summed E-state index contributed by atoms with van der Waals surface area (Å²) in [6, 6.07) is 6.15. The molecule has 1 heterocycles. The number of aromatic nitrogens is 2. The average molecular weight is 291 g/mol. The van der Waals surface area contributed by atoms with Crippen LogP contribution in [0.1, 0.15) is 0 Å². The van der Waals surface area contributed by atoms with Gasteiger partial charge in [-0.1, -0.05) is 35.7 Å². The van der Waals surface area contributed by atoms with Crippen molar-refractivity contribution in [2.45, 2.75) is 5.22 Å². The Bertz CT molecular complexity index is 675. The molecular formula is C12H9N3O4S. The topological polar surface area (TPSA) is 102 Å². The number of nitrogens with zero attached hydrogens (tertiary/aromatic N) is 3. The quantitative estimate of drug-likeness (QED) is 0.396. The van der Waals surface area contributed by atoms with Crippen molar-refractivity contribution in [2.75, 3.05) is 12.4 Å². The summed E-state index contributed by atoms with van der Waals surface area (Å²) in [6.45, 7) is -0.203. The fourth-order valence-electron chi connectivity index (χ4n) is 1.40. The van der Waals surface area contributed by atoms with Crippen LogP contribution in [-0.4, -0.2) is 32.6 Å². The Balaban J connectivity index is 2.19. The van der Waals surface area contributed by atoms with Gasteiger partial charge >= 0.3 is 0 Å². The van der Waals surface area contributed by atoms with E-state index in [0.717, 1.165) is 0 Å². The summed E-state index contributed by atoms with van der Waals surface area (Å²) in [5, 5.41) is 27.3. The predicted molar refractivity (Wildman–Crippen MR) is 72.0 cm³/mol. The van der Waals surface area contributed by atoms with Gasteiger partial charge in [0.25, 0.3) is 16.8 Å². The molecule has 1 N–H and O–H groups in total. The fourth-order valence-corrected chi connectivity index (χ4v) is 1.93. The van der Waals surface area contributed by atoms with E-state index in [1.54, 1.807) is 18.2 Å². The lowest BCUT2D eigenvalue weighted by atomic mass is 10.2. The van der Waals surface area contributed by atoms with Gasteiger partial charge in [0.2, 0.25) is 0 Å². The molecule has 0 unspecified atom stereocenters. The van der Waals surface area contributed by atoms with Crippen molar-refractivity contribution >= 4 is 17.4 Å². The molecular weight excluding hydrogens is 282 g/mol. The molecule has 0 radical (unpaired) electrons.